The molecule has 2 aliphatic rings. The molecule has 0 bridgehead atoms. The van der Waals surface area contributed by atoms with Crippen LogP contribution in [0.5, 0.6) is 5.75 Å². The molecule has 1 aliphatic carbocycles. The van der Waals surface area contributed by atoms with Crippen molar-refractivity contribution < 1.29 is 13.9 Å². The van der Waals surface area contributed by atoms with E-state index in [1.54, 1.807) is 24.7 Å². The summed E-state index contributed by atoms with van der Waals surface area (Å²) >= 11 is 0. The number of rotatable bonds is 5. The molecule has 1 aromatic heterocycles. The van der Waals surface area contributed by atoms with Gasteiger partial charge in [0.15, 0.2) is 11.6 Å². The van der Waals surface area contributed by atoms with Crippen LogP contribution >= 0.6 is 0 Å². The second-order valence-electron chi connectivity index (χ2n) is 6.51. The third-order valence-corrected chi connectivity index (χ3v) is 4.95. The van der Waals surface area contributed by atoms with Gasteiger partial charge < -0.3 is 9.47 Å². The highest BCUT2D eigenvalue weighted by Crippen LogP contribution is 2.43. The summed E-state index contributed by atoms with van der Waals surface area (Å²) in [7, 11) is 0. The molecule has 2 aromatic rings. The lowest BCUT2D eigenvalue weighted by atomic mass is 9.79. The van der Waals surface area contributed by atoms with Crippen LogP contribution in [0.4, 0.5) is 4.39 Å². The van der Waals surface area contributed by atoms with Gasteiger partial charge in [-0.3, -0.25) is 9.97 Å². The maximum atomic E-state index is 15.2. The summed E-state index contributed by atoms with van der Waals surface area (Å²) in [5, 5.41) is 0. The predicted molar refractivity (Wildman–Crippen MR) is 88.5 cm³/mol. The number of halogens is 1. The van der Waals surface area contributed by atoms with Crippen LogP contribution in [0.1, 0.15) is 43.6 Å². The molecule has 2 heterocycles. The molecule has 4 rings (SSSR count). The van der Waals surface area contributed by atoms with Gasteiger partial charge in [-0.1, -0.05) is 12.5 Å². The Morgan fingerprint density at radius 2 is 2.08 bits per heavy atom. The molecule has 24 heavy (non-hydrogen) atoms. The zero-order chi connectivity index (χ0) is 16.4. The zero-order valence-corrected chi connectivity index (χ0v) is 13.6. The van der Waals surface area contributed by atoms with Crippen molar-refractivity contribution in [1.29, 1.82) is 0 Å². The lowest BCUT2D eigenvalue weighted by Gasteiger charge is -2.28. The molecular weight excluding hydrogens is 307 g/mol. The highest BCUT2D eigenvalue weighted by atomic mass is 19.1. The molecule has 1 atom stereocenters. The molecule has 0 spiro atoms. The maximum Gasteiger partial charge on any atom is 0.174 e. The van der Waals surface area contributed by atoms with Gasteiger partial charge >= 0.3 is 0 Å². The molecule has 0 amide bonds. The molecule has 0 radical (unpaired) electrons. The van der Waals surface area contributed by atoms with E-state index in [1.165, 1.54) is 6.42 Å². The average molecular weight is 328 g/mol. The van der Waals surface area contributed by atoms with Gasteiger partial charge in [0.25, 0.3) is 0 Å². The molecule has 4 nitrogen and oxygen atoms in total. The van der Waals surface area contributed by atoms with Crippen molar-refractivity contribution in [2.45, 2.75) is 44.1 Å². The van der Waals surface area contributed by atoms with Gasteiger partial charge in [-0.05, 0) is 37.7 Å². The maximum absolute atomic E-state index is 15.2. The molecule has 1 saturated carbocycles. The van der Waals surface area contributed by atoms with Crippen LogP contribution in [-0.2, 0) is 4.74 Å². The molecule has 5 heteroatoms. The second-order valence-corrected chi connectivity index (χ2v) is 6.51. The van der Waals surface area contributed by atoms with Crippen LogP contribution in [-0.4, -0.2) is 29.3 Å². The summed E-state index contributed by atoms with van der Waals surface area (Å²) in [6.07, 6.45) is 10.2. The van der Waals surface area contributed by atoms with Crippen molar-refractivity contribution in [3.63, 3.8) is 0 Å². The highest BCUT2D eigenvalue weighted by Gasteiger charge is 2.27. The largest absolute Gasteiger partial charge is 0.487 e. The Bertz CT molecular complexity index is 698. The van der Waals surface area contributed by atoms with Crippen molar-refractivity contribution in [2.75, 3.05) is 13.2 Å². The molecule has 0 N–H and O–H groups in total. The number of benzene rings is 1. The highest BCUT2D eigenvalue weighted by molar-refractivity contribution is 5.63. The van der Waals surface area contributed by atoms with E-state index in [-0.39, 0.29) is 11.9 Å². The molecule has 2 fully saturated rings. The minimum absolute atomic E-state index is 0.0683. The number of hydrogen-bond acceptors (Lipinski definition) is 4. The van der Waals surface area contributed by atoms with Crippen molar-refractivity contribution in [2.24, 2.45) is 0 Å². The number of ether oxygens (including phenoxy) is 2. The Morgan fingerprint density at radius 1 is 1.17 bits per heavy atom. The van der Waals surface area contributed by atoms with Crippen LogP contribution in [0.25, 0.3) is 11.3 Å². The van der Waals surface area contributed by atoms with Gasteiger partial charge in [-0.15, -0.1) is 0 Å². The lowest BCUT2D eigenvalue weighted by Crippen LogP contribution is -2.19. The summed E-state index contributed by atoms with van der Waals surface area (Å²) < 4.78 is 26.7. The van der Waals surface area contributed by atoms with E-state index in [1.807, 2.05) is 6.07 Å². The topological polar surface area (TPSA) is 44.2 Å². The fraction of sp³-hybridized carbons (Fsp3) is 0.474. The van der Waals surface area contributed by atoms with Gasteiger partial charge in [-0.2, -0.15) is 0 Å². The quantitative estimate of drug-likeness (QED) is 0.828. The van der Waals surface area contributed by atoms with E-state index < -0.39 is 0 Å². The van der Waals surface area contributed by atoms with Crippen LogP contribution < -0.4 is 4.74 Å². The predicted octanol–water partition coefficient (Wildman–Crippen LogP) is 4.11. The monoisotopic (exact) mass is 328 g/mol. The molecule has 1 unspecified atom stereocenters. The summed E-state index contributed by atoms with van der Waals surface area (Å²) in [5.41, 5.74) is 1.94. The van der Waals surface area contributed by atoms with E-state index in [2.05, 4.69) is 9.97 Å². The molecule has 126 valence electrons. The normalized spacial score (nSPS) is 20.8. The van der Waals surface area contributed by atoms with E-state index >= 15 is 4.39 Å². The Balaban J connectivity index is 1.66. The first-order valence-electron chi connectivity index (χ1n) is 8.66. The number of nitrogens with zero attached hydrogens (tertiary/aromatic N) is 2. The van der Waals surface area contributed by atoms with Crippen LogP contribution in [0.3, 0.4) is 0 Å². The third-order valence-electron chi connectivity index (χ3n) is 4.95. The van der Waals surface area contributed by atoms with Crippen molar-refractivity contribution in [3.8, 4) is 17.0 Å². The van der Waals surface area contributed by atoms with Gasteiger partial charge in [-0.25, -0.2) is 4.39 Å². The fourth-order valence-corrected chi connectivity index (χ4v) is 3.35. The SMILES string of the molecule is Fc1c(-c2cnccn2)ccc(C2CCC2)c1OCC1CCCO1. The molecule has 1 saturated heterocycles. The first-order valence-corrected chi connectivity index (χ1v) is 8.66. The van der Waals surface area contributed by atoms with E-state index in [4.69, 9.17) is 9.47 Å². The summed E-state index contributed by atoms with van der Waals surface area (Å²) in [5.74, 6) is 0.436. The first kappa shape index (κ1) is 15.5. The second kappa shape index (κ2) is 6.85. The van der Waals surface area contributed by atoms with Crippen molar-refractivity contribution in [3.05, 3.63) is 42.1 Å². The van der Waals surface area contributed by atoms with Gasteiger partial charge in [0.05, 0.1) is 18.0 Å². The zero-order valence-electron chi connectivity index (χ0n) is 13.6. The standard InChI is InChI=1S/C19H21FN2O2/c20-18-16(17-11-21-8-9-22-17)7-6-15(13-3-1-4-13)19(18)24-12-14-5-2-10-23-14/h6-9,11,13-14H,1-5,10,12H2. The minimum atomic E-state index is -0.335. The number of hydrogen-bond donors (Lipinski definition) is 0. The number of aromatic nitrogens is 2. The first-order chi connectivity index (χ1) is 11.8. The smallest absolute Gasteiger partial charge is 0.174 e. The van der Waals surface area contributed by atoms with E-state index in [0.29, 0.717) is 29.5 Å². The summed E-state index contributed by atoms with van der Waals surface area (Å²) in [6.45, 7) is 1.17. The summed E-state index contributed by atoms with van der Waals surface area (Å²) in [6, 6.07) is 3.79. The minimum Gasteiger partial charge on any atom is -0.487 e. The van der Waals surface area contributed by atoms with Crippen LogP contribution in [0, 0.1) is 5.82 Å². The van der Waals surface area contributed by atoms with Crippen molar-refractivity contribution >= 4 is 0 Å². The van der Waals surface area contributed by atoms with Gasteiger partial charge in [0.1, 0.15) is 6.61 Å². The fourth-order valence-electron chi connectivity index (χ4n) is 3.35. The Labute approximate surface area is 141 Å². The Morgan fingerprint density at radius 3 is 2.75 bits per heavy atom. The van der Waals surface area contributed by atoms with E-state index in [0.717, 1.165) is 37.9 Å². The van der Waals surface area contributed by atoms with Crippen LogP contribution in [0.15, 0.2) is 30.7 Å². The Kier molecular flexibility index (Phi) is 4.43. The van der Waals surface area contributed by atoms with Crippen LogP contribution in [0.2, 0.25) is 0 Å². The molecule has 1 aromatic carbocycles. The average Bonchev–Trinajstić information content (AvgIpc) is 3.07. The third kappa shape index (κ3) is 3.00. The van der Waals surface area contributed by atoms with Crippen molar-refractivity contribution in [1.82, 2.24) is 9.97 Å². The van der Waals surface area contributed by atoms with Gasteiger partial charge in [0.2, 0.25) is 0 Å². The summed E-state index contributed by atoms with van der Waals surface area (Å²) in [4.78, 5) is 8.25. The Hall–Kier alpha value is -2.01. The molecular formula is C19H21FN2O2. The lowest BCUT2D eigenvalue weighted by molar-refractivity contribution is 0.0659. The van der Waals surface area contributed by atoms with Gasteiger partial charge in [0, 0.05) is 30.1 Å². The van der Waals surface area contributed by atoms with E-state index in [9.17, 15) is 0 Å². The molecule has 1 aliphatic heterocycles.